The van der Waals surface area contributed by atoms with Crippen molar-refractivity contribution in [3.8, 4) is 11.1 Å². The van der Waals surface area contributed by atoms with E-state index < -0.39 is 0 Å². The summed E-state index contributed by atoms with van der Waals surface area (Å²) in [5.41, 5.74) is 15.1. The van der Waals surface area contributed by atoms with Gasteiger partial charge in [-0.25, -0.2) is 0 Å². The molecule has 3 heteroatoms. The molecule has 0 saturated heterocycles. The lowest BCUT2D eigenvalue weighted by Gasteiger charge is -2.02. The van der Waals surface area contributed by atoms with Gasteiger partial charge in [-0.15, -0.1) is 0 Å². The number of anilines is 2. The molecule has 0 unspecified atom stereocenters. The van der Waals surface area contributed by atoms with E-state index in [1.165, 1.54) is 0 Å². The molecule has 2 aromatic carbocycles. The van der Waals surface area contributed by atoms with Gasteiger partial charge in [0.15, 0.2) is 0 Å². The molecule has 0 amide bonds. The Bertz CT molecular complexity index is 374. The minimum atomic E-state index is 0. The third-order valence-corrected chi connectivity index (χ3v) is 2.15. The summed E-state index contributed by atoms with van der Waals surface area (Å²) in [6.45, 7) is 0. The summed E-state index contributed by atoms with van der Waals surface area (Å²) in [6.07, 6.45) is 0. The minimum Gasteiger partial charge on any atom is -0.399 e. The van der Waals surface area contributed by atoms with Crippen LogP contribution in [0.1, 0.15) is 0 Å². The van der Waals surface area contributed by atoms with Gasteiger partial charge in [-0.3, -0.25) is 0 Å². The Hall–Kier alpha value is -2.00. The fourth-order valence-electron chi connectivity index (χ4n) is 1.35. The zero-order valence-corrected chi connectivity index (χ0v) is 8.48. The lowest BCUT2D eigenvalue weighted by atomic mass is 10.1. The van der Waals surface area contributed by atoms with Crippen LogP contribution < -0.4 is 17.6 Å². The Morgan fingerprint density at radius 2 is 0.800 bits per heavy atom. The summed E-state index contributed by atoms with van der Waals surface area (Å²) in [4.78, 5) is 0. The van der Waals surface area contributed by atoms with Gasteiger partial charge in [-0.05, 0) is 35.4 Å². The van der Waals surface area contributed by atoms with Crippen molar-refractivity contribution in [1.82, 2.24) is 6.15 Å². The predicted molar refractivity (Wildman–Crippen MR) is 65.7 cm³/mol. The largest absolute Gasteiger partial charge is 0.399 e. The van der Waals surface area contributed by atoms with Crippen molar-refractivity contribution in [2.45, 2.75) is 0 Å². The van der Waals surface area contributed by atoms with Crippen LogP contribution in [0.4, 0.5) is 11.4 Å². The molecule has 0 saturated carbocycles. The molecule has 3 nitrogen and oxygen atoms in total. The molecule has 0 radical (unpaired) electrons. The van der Waals surface area contributed by atoms with Crippen LogP contribution in [0.25, 0.3) is 11.1 Å². The number of hydrogen-bond donors (Lipinski definition) is 3. The van der Waals surface area contributed by atoms with Gasteiger partial charge in [0.25, 0.3) is 0 Å². The molecule has 15 heavy (non-hydrogen) atoms. The minimum absolute atomic E-state index is 0. The lowest BCUT2D eigenvalue weighted by Crippen LogP contribution is -1.85. The molecular formula is C12H15N3. The second kappa shape index (κ2) is 4.48. The van der Waals surface area contributed by atoms with Crippen LogP contribution in [-0.2, 0) is 0 Å². The van der Waals surface area contributed by atoms with E-state index in [0.717, 1.165) is 22.5 Å². The van der Waals surface area contributed by atoms with E-state index in [4.69, 9.17) is 11.5 Å². The zero-order valence-electron chi connectivity index (χ0n) is 8.48. The van der Waals surface area contributed by atoms with Crippen LogP contribution in [-0.4, -0.2) is 0 Å². The van der Waals surface area contributed by atoms with Crippen molar-refractivity contribution in [3.05, 3.63) is 48.5 Å². The second-order valence-electron chi connectivity index (χ2n) is 3.24. The van der Waals surface area contributed by atoms with E-state index in [1.54, 1.807) is 0 Å². The Kier molecular flexibility index (Phi) is 3.31. The monoisotopic (exact) mass is 201 g/mol. The molecule has 0 aromatic heterocycles. The summed E-state index contributed by atoms with van der Waals surface area (Å²) in [5.74, 6) is 0. The molecule has 2 rings (SSSR count). The quantitative estimate of drug-likeness (QED) is 0.620. The first-order valence-corrected chi connectivity index (χ1v) is 4.47. The Balaban J connectivity index is 0.00000112. The van der Waals surface area contributed by atoms with Crippen molar-refractivity contribution >= 4 is 11.4 Å². The van der Waals surface area contributed by atoms with Crippen LogP contribution in [0.3, 0.4) is 0 Å². The SMILES string of the molecule is N.Nc1ccc(-c2ccc(N)cc2)cc1. The van der Waals surface area contributed by atoms with E-state index in [-0.39, 0.29) is 6.15 Å². The summed E-state index contributed by atoms with van der Waals surface area (Å²) in [6, 6.07) is 15.6. The van der Waals surface area contributed by atoms with Gasteiger partial charge in [0.05, 0.1) is 0 Å². The van der Waals surface area contributed by atoms with E-state index >= 15 is 0 Å². The third-order valence-electron chi connectivity index (χ3n) is 2.15. The molecule has 0 atom stereocenters. The van der Waals surface area contributed by atoms with Crippen LogP contribution in [0.5, 0.6) is 0 Å². The third kappa shape index (κ3) is 2.48. The molecular weight excluding hydrogens is 186 g/mol. The van der Waals surface area contributed by atoms with Gasteiger partial charge in [-0.1, -0.05) is 24.3 Å². The molecule has 7 N–H and O–H groups in total. The van der Waals surface area contributed by atoms with Gasteiger partial charge in [0, 0.05) is 11.4 Å². The Morgan fingerprint density at radius 3 is 1.07 bits per heavy atom. The van der Waals surface area contributed by atoms with Crippen LogP contribution >= 0.6 is 0 Å². The van der Waals surface area contributed by atoms with Crippen molar-refractivity contribution in [1.29, 1.82) is 0 Å². The van der Waals surface area contributed by atoms with E-state index in [1.807, 2.05) is 48.5 Å². The average Bonchev–Trinajstić information content (AvgIpc) is 2.21. The summed E-state index contributed by atoms with van der Waals surface area (Å²) in [5, 5.41) is 0. The normalized spacial score (nSPS) is 9.33. The Labute approximate surface area is 89.3 Å². The first kappa shape index (κ1) is 11.1. The first-order chi connectivity index (χ1) is 6.75. The highest BCUT2D eigenvalue weighted by Gasteiger charge is 1.95. The lowest BCUT2D eigenvalue weighted by molar-refractivity contribution is 1.61. The maximum Gasteiger partial charge on any atom is 0.0314 e. The molecule has 0 spiro atoms. The fraction of sp³-hybridized carbons (Fsp3) is 0. The molecule has 0 aliphatic rings. The molecule has 0 heterocycles. The molecule has 0 bridgehead atoms. The highest BCUT2D eigenvalue weighted by molar-refractivity contribution is 5.67. The standard InChI is InChI=1S/C12H12N2.H3N/c13-11-5-1-9(2-6-11)10-3-7-12(14)8-4-10;/h1-8H,13-14H2;1H3. The molecule has 2 aromatic rings. The van der Waals surface area contributed by atoms with Gasteiger partial charge in [0.2, 0.25) is 0 Å². The topological polar surface area (TPSA) is 87.0 Å². The second-order valence-corrected chi connectivity index (χ2v) is 3.24. The fourth-order valence-corrected chi connectivity index (χ4v) is 1.35. The smallest absolute Gasteiger partial charge is 0.0314 e. The Morgan fingerprint density at radius 1 is 0.533 bits per heavy atom. The number of hydrogen-bond acceptors (Lipinski definition) is 3. The van der Waals surface area contributed by atoms with Crippen molar-refractivity contribution < 1.29 is 0 Å². The van der Waals surface area contributed by atoms with Gasteiger partial charge >= 0.3 is 0 Å². The average molecular weight is 201 g/mol. The molecule has 0 aliphatic carbocycles. The van der Waals surface area contributed by atoms with Gasteiger partial charge in [0.1, 0.15) is 0 Å². The summed E-state index contributed by atoms with van der Waals surface area (Å²) < 4.78 is 0. The highest BCUT2D eigenvalue weighted by atomic mass is 14.5. The predicted octanol–water partition coefficient (Wildman–Crippen LogP) is 2.68. The molecule has 0 fully saturated rings. The number of rotatable bonds is 1. The van der Waals surface area contributed by atoms with Crippen molar-refractivity contribution in [2.24, 2.45) is 0 Å². The maximum atomic E-state index is 5.61. The van der Waals surface area contributed by atoms with Crippen LogP contribution in [0.2, 0.25) is 0 Å². The highest BCUT2D eigenvalue weighted by Crippen LogP contribution is 2.21. The van der Waals surface area contributed by atoms with Gasteiger partial charge in [-0.2, -0.15) is 0 Å². The molecule has 78 valence electrons. The van der Waals surface area contributed by atoms with Crippen molar-refractivity contribution in [3.63, 3.8) is 0 Å². The van der Waals surface area contributed by atoms with E-state index in [2.05, 4.69) is 0 Å². The first-order valence-electron chi connectivity index (χ1n) is 4.47. The van der Waals surface area contributed by atoms with Gasteiger partial charge < -0.3 is 17.6 Å². The summed E-state index contributed by atoms with van der Waals surface area (Å²) >= 11 is 0. The summed E-state index contributed by atoms with van der Waals surface area (Å²) in [7, 11) is 0. The molecule has 0 aliphatic heterocycles. The number of nitrogen functional groups attached to an aromatic ring is 2. The zero-order chi connectivity index (χ0) is 9.97. The van der Waals surface area contributed by atoms with E-state index in [0.29, 0.717) is 0 Å². The van der Waals surface area contributed by atoms with E-state index in [9.17, 15) is 0 Å². The number of benzene rings is 2. The van der Waals surface area contributed by atoms with Crippen LogP contribution in [0, 0.1) is 0 Å². The van der Waals surface area contributed by atoms with Crippen molar-refractivity contribution in [2.75, 3.05) is 11.5 Å². The maximum absolute atomic E-state index is 5.61. The van der Waals surface area contributed by atoms with Crippen LogP contribution in [0.15, 0.2) is 48.5 Å². The number of nitrogens with two attached hydrogens (primary N) is 2.